The lowest BCUT2D eigenvalue weighted by Crippen LogP contribution is -2.35. The van der Waals surface area contributed by atoms with E-state index in [2.05, 4.69) is 15.5 Å². The summed E-state index contributed by atoms with van der Waals surface area (Å²) in [6, 6.07) is 16.3. The van der Waals surface area contributed by atoms with Crippen LogP contribution in [0.4, 0.5) is 0 Å². The van der Waals surface area contributed by atoms with E-state index in [1.54, 1.807) is 30.3 Å². The van der Waals surface area contributed by atoms with Gasteiger partial charge in [-0.25, -0.2) is 10.4 Å². The highest BCUT2D eigenvalue weighted by Gasteiger charge is 2.14. The maximum atomic E-state index is 12.8. The fourth-order valence-corrected chi connectivity index (χ4v) is 2.84. The molecule has 0 fully saturated rings. The monoisotopic (exact) mass is 403 g/mol. The van der Waals surface area contributed by atoms with Gasteiger partial charge in [0.15, 0.2) is 0 Å². The van der Waals surface area contributed by atoms with E-state index in [4.69, 9.17) is 0 Å². The Morgan fingerprint density at radius 3 is 2.37 bits per heavy atom. The summed E-state index contributed by atoms with van der Waals surface area (Å²) in [5, 5.41) is 25.8. The van der Waals surface area contributed by atoms with Crippen molar-refractivity contribution < 1.29 is 24.6 Å². The number of aromatic nitrogens is 1. The predicted molar refractivity (Wildman–Crippen MR) is 106 cm³/mol. The molecule has 0 aliphatic heterocycles. The highest BCUT2D eigenvalue weighted by molar-refractivity contribution is 6.35. The van der Waals surface area contributed by atoms with Crippen molar-refractivity contribution in [3.63, 3.8) is 0 Å². The third kappa shape index (κ3) is 4.85. The number of aliphatic carboxylic acids is 2. The van der Waals surface area contributed by atoms with E-state index in [1.807, 2.05) is 31.2 Å². The summed E-state index contributed by atoms with van der Waals surface area (Å²) in [6.07, 6.45) is -0.991. The van der Waals surface area contributed by atoms with Gasteiger partial charge in [-0.2, -0.15) is 5.10 Å². The molecule has 30 heavy (non-hydrogen) atoms. The average Bonchev–Trinajstić information content (AvgIpc) is 2.72. The molecular formula is C22H17N3O5-2. The Labute approximate surface area is 171 Å². The van der Waals surface area contributed by atoms with Crippen molar-refractivity contribution in [1.82, 2.24) is 10.4 Å². The lowest BCUT2D eigenvalue weighted by Gasteiger charge is -2.11. The number of carbonyl (C=O) groups is 3. The zero-order chi connectivity index (χ0) is 21.7. The van der Waals surface area contributed by atoms with Crippen LogP contribution in [0.2, 0.25) is 0 Å². The topological polar surface area (TPSA) is 135 Å². The summed E-state index contributed by atoms with van der Waals surface area (Å²) in [4.78, 5) is 39.0. The second-order valence-corrected chi connectivity index (χ2v) is 6.60. The number of benzene rings is 2. The van der Waals surface area contributed by atoms with Gasteiger partial charge in [-0.3, -0.25) is 4.79 Å². The number of pyridine rings is 1. The van der Waals surface area contributed by atoms with Gasteiger partial charge in [-0.1, -0.05) is 48.0 Å². The Bertz CT molecular complexity index is 1150. The van der Waals surface area contributed by atoms with Crippen LogP contribution in [0.15, 0.2) is 59.7 Å². The molecule has 2 aromatic carbocycles. The molecule has 0 atom stereocenters. The molecule has 0 aliphatic rings. The largest absolute Gasteiger partial charge is 0.550 e. The first-order chi connectivity index (χ1) is 14.3. The van der Waals surface area contributed by atoms with Gasteiger partial charge in [0.1, 0.15) is 0 Å². The van der Waals surface area contributed by atoms with Crippen LogP contribution in [-0.4, -0.2) is 28.5 Å². The first-order valence-corrected chi connectivity index (χ1v) is 9.10. The number of para-hydroxylation sites is 1. The van der Waals surface area contributed by atoms with Crippen molar-refractivity contribution in [1.29, 1.82) is 0 Å². The van der Waals surface area contributed by atoms with Crippen LogP contribution < -0.4 is 15.6 Å². The van der Waals surface area contributed by atoms with Crippen LogP contribution >= 0.6 is 0 Å². The van der Waals surface area contributed by atoms with Gasteiger partial charge in [-0.05, 0) is 31.9 Å². The molecule has 0 unspecified atom stereocenters. The number of rotatable bonds is 7. The minimum absolute atomic E-state index is 0.248. The summed E-state index contributed by atoms with van der Waals surface area (Å²) >= 11 is 0. The lowest BCUT2D eigenvalue weighted by molar-refractivity contribution is -0.305. The quantitative estimate of drug-likeness (QED) is 0.453. The fourth-order valence-electron chi connectivity index (χ4n) is 2.84. The average molecular weight is 403 g/mol. The number of carbonyl (C=O) groups excluding carboxylic acids is 3. The number of aryl methyl sites for hydroxylation is 1. The number of hydrogen-bond acceptors (Lipinski definition) is 7. The molecule has 1 aromatic heterocycles. The summed E-state index contributed by atoms with van der Waals surface area (Å²) in [5.74, 6) is -3.76. The molecule has 0 aliphatic carbocycles. The lowest BCUT2D eigenvalue weighted by atomic mass is 10.0. The van der Waals surface area contributed by atoms with Crippen LogP contribution in [-0.2, 0) is 9.59 Å². The van der Waals surface area contributed by atoms with Crippen LogP contribution in [0.1, 0.15) is 28.8 Å². The Morgan fingerprint density at radius 2 is 1.70 bits per heavy atom. The number of carboxylic acid groups (broad SMARTS) is 2. The molecule has 1 amide bonds. The standard InChI is InChI=1S/C22H19N3O5/c1-13-6-8-14(9-7-13)19-12-16(15-4-2-3-5-17(15)23-19)21(28)25-24-18(22(29)30)10-11-20(26)27/h2-9,12H,10-11H2,1H3,(H,25,28)(H,26,27)(H,29,30)/p-2/b24-18+. The number of carboxylic acids is 2. The number of hydrazone groups is 1. The van der Waals surface area contributed by atoms with Crippen molar-refractivity contribution in [2.24, 2.45) is 5.10 Å². The van der Waals surface area contributed by atoms with Gasteiger partial charge in [0.05, 0.1) is 28.5 Å². The Kier molecular flexibility index (Phi) is 6.17. The second-order valence-electron chi connectivity index (χ2n) is 6.60. The van der Waals surface area contributed by atoms with Gasteiger partial charge in [0.2, 0.25) is 0 Å². The Morgan fingerprint density at radius 1 is 1.00 bits per heavy atom. The summed E-state index contributed by atoms with van der Waals surface area (Å²) in [6.45, 7) is 1.96. The molecule has 0 bridgehead atoms. The Hall–Kier alpha value is -4.07. The van der Waals surface area contributed by atoms with Crippen LogP contribution in [0.5, 0.6) is 0 Å². The molecule has 8 nitrogen and oxygen atoms in total. The molecule has 3 rings (SSSR count). The van der Waals surface area contributed by atoms with E-state index in [-0.39, 0.29) is 5.56 Å². The molecule has 3 aromatic rings. The zero-order valence-electron chi connectivity index (χ0n) is 16.0. The maximum absolute atomic E-state index is 12.8. The number of nitrogens with one attached hydrogen (secondary N) is 1. The van der Waals surface area contributed by atoms with E-state index < -0.39 is 36.4 Å². The first kappa shape index (κ1) is 20.7. The minimum Gasteiger partial charge on any atom is -0.550 e. The predicted octanol–water partition coefficient (Wildman–Crippen LogP) is 0.576. The summed E-state index contributed by atoms with van der Waals surface area (Å²) in [5.41, 5.74) is 4.88. The number of hydrogen-bond donors (Lipinski definition) is 1. The van der Waals surface area contributed by atoms with Crippen LogP contribution in [0, 0.1) is 6.92 Å². The van der Waals surface area contributed by atoms with Crippen LogP contribution in [0.25, 0.3) is 22.2 Å². The van der Waals surface area contributed by atoms with Crippen molar-refractivity contribution >= 4 is 34.5 Å². The molecule has 1 heterocycles. The third-order valence-electron chi connectivity index (χ3n) is 4.40. The maximum Gasteiger partial charge on any atom is 0.272 e. The normalized spacial score (nSPS) is 11.3. The molecule has 0 saturated carbocycles. The third-order valence-corrected chi connectivity index (χ3v) is 4.40. The van der Waals surface area contributed by atoms with E-state index in [9.17, 15) is 24.6 Å². The molecule has 0 spiro atoms. The molecular weight excluding hydrogens is 386 g/mol. The molecule has 0 saturated heterocycles. The number of fused-ring (bicyclic) bond motifs is 1. The molecule has 8 heteroatoms. The van der Waals surface area contributed by atoms with Gasteiger partial charge in [0.25, 0.3) is 5.91 Å². The molecule has 0 radical (unpaired) electrons. The summed E-state index contributed by atoms with van der Waals surface area (Å²) < 4.78 is 0. The van der Waals surface area contributed by atoms with Crippen LogP contribution in [0.3, 0.4) is 0 Å². The second kappa shape index (κ2) is 8.95. The van der Waals surface area contributed by atoms with E-state index in [0.717, 1.165) is 11.1 Å². The molecule has 1 N–H and O–H groups in total. The van der Waals surface area contributed by atoms with Gasteiger partial charge in [0, 0.05) is 16.9 Å². The van der Waals surface area contributed by atoms with E-state index >= 15 is 0 Å². The van der Waals surface area contributed by atoms with Gasteiger partial charge >= 0.3 is 0 Å². The van der Waals surface area contributed by atoms with Gasteiger partial charge in [-0.15, -0.1) is 0 Å². The van der Waals surface area contributed by atoms with E-state index in [1.165, 1.54) is 0 Å². The Balaban J connectivity index is 1.98. The fraction of sp³-hybridized carbons (Fsp3) is 0.136. The molecule has 152 valence electrons. The highest BCUT2D eigenvalue weighted by atomic mass is 16.4. The van der Waals surface area contributed by atoms with E-state index in [0.29, 0.717) is 16.6 Å². The minimum atomic E-state index is -1.67. The highest BCUT2D eigenvalue weighted by Crippen LogP contribution is 2.25. The van der Waals surface area contributed by atoms with Crippen molar-refractivity contribution in [3.8, 4) is 11.3 Å². The number of nitrogens with zero attached hydrogens (tertiary/aromatic N) is 2. The number of amides is 1. The smallest absolute Gasteiger partial charge is 0.272 e. The van der Waals surface area contributed by atoms with Crippen molar-refractivity contribution in [2.45, 2.75) is 19.8 Å². The van der Waals surface area contributed by atoms with Crippen molar-refractivity contribution in [3.05, 3.63) is 65.7 Å². The van der Waals surface area contributed by atoms with Gasteiger partial charge < -0.3 is 19.8 Å². The first-order valence-electron chi connectivity index (χ1n) is 9.10. The SMILES string of the molecule is Cc1ccc(-c2cc(C(=O)N/N=C(\CCC(=O)[O-])C(=O)[O-])c3ccccc3n2)cc1. The zero-order valence-corrected chi connectivity index (χ0v) is 16.0. The van der Waals surface area contributed by atoms with Crippen molar-refractivity contribution in [2.75, 3.05) is 0 Å². The summed E-state index contributed by atoms with van der Waals surface area (Å²) in [7, 11) is 0.